The summed E-state index contributed by atoms with van der Waals surface area (Å²) in [6.45, 7) is 1.37. The predicted octanol–water partition coefficient (Wildman–Crippen LogP) is 2.98. The molecule has 3 aromatic rings. The summed E-state index contributed by atoms with van der Waals surface area (Å²) in [5.74, 6) is -0.950. The van der Waals surface area contributed by atoms with E-state index in [2.05, 4.69) is 10.00 Å². The van der Waals surface area contributed by atoms with Gasteiger partial charge < -0.3 is 10.6 Å². The normalized spacial score (nSPS) is 17.9. The molecule has 1 saturated heterocycles. The Bertz CT molecular complexity index is 1050. The second kappa shape index (κ2) is 7.08. The number of halogens is 2. The van der Waals surface area contributed by atoms with Crippen molar-refractivity contribution in [3.05, 3.63) is 64.5 Å². The molecule has 1 aliphatic rings. The number of rotatable bonds is 2. The van der Waals surface area contributed by atoms with Crippen LogP contribution in [0, 0.1) is 11.6 Å². The predicted molar refractivity (Wildman–Crippen MR) is 101 cm³/mol. The van der Waals surface area contributed by atoms with Gasteiger partial charge in [0.25, 0.3) is 5.56 Å². The molecule has 2 N–H and O–H groups in total. The molecule has 1 aliphatic heterocycles. The summed E-state index contributed by atoms with van der Waals surface area (Å²) in [5, 5.41) is 5.61. The number of hydrogen-bond acceptors (Lipinski definition) is 4. The largest absolute Gasteiger partial charge is 0.353 e. The number of nitrogens with zero attached hydrogens (tertiary/aromatic N) is 3. The van der Waals surface area contributed by atoms with E-state index in [1.807, 2.05) is 12.1 Å². The lowest BCUT2D eigenvalue weighted by atomic mass is 10.1. The zero-order valence-corrected chi connectivity index (χ0v) is 14.7. The van der Waals surface area contributed by atoms with Crippen molar-refractivity contribution in [1.82, 2.24) is 9.78 Å². The Hall–Kier alpha value is -2.80. The SMILES string of the molecule is N[C@H]1CCCCN(c2nn(-c3ccc(F)cc3F)c(=O)c3ccccc23)C1. The molecule has 0 spiro atoms. The van der Waals surface area contributed by atoms with E-state index in [0.29, 0.717) is 23.1 Å². The van der Waals surface area contributed by atoms with Gasteiger partial charge in [-0.2, -0.15) is 4.68 Å². The van der Waals surface area contributed by atoms with Crippen LogP contribution in [0.5, 0.6) is 0 Å². The molecular weight excluding hydrogens is 350 g/mol. The van der Waals surface area contributed by atoms with E-state index in [1.54, 1.807) is 12.1 Å². The number of aromatic nitrogens is 2. The van der Waals surface area contributed by atoms with Crippen molar-refractivity contribution >= 4 is 16.6 Å². The average molecular weight is 370 g/mol. The molecule has 4 rings (SSSR count). The van der Waals surface area contributed by atoms with E-state index in [-0.39, 0.29) is 11.7 Å². The summed E-state index contributed by atoms with van der Waals surface area (Å²) in [4.78, 5) is 15.0. The molecular formula is C20H20F2N4O. The highest BCUT2D eigenvalue weighted by molar-refractivity contribution is 5.91. The summed E-state index contributed by atoms with van der Waals surface area (Å²) in [6.07, 6.45) is 2.93. The molecule has 5 nitrogen and oxygen atoms in total. The summed E-state index contributed by atoms with van der Waals surface area (Å²) in [6, 6.07) is 10.2. The number of fused-ring (bicyclic) bond motifs is 1. The van der Waals surface area contributed by atoms with Crippen LogP contribution in [-0.2, 0) is 0 Å². The lowest BCUT2D eigenvalue weighted by molar-refractivity contribution is 0.570. The maximum atomic E-state index is 14.3. The minimum atomic E-state index is -0.835. The maximum absolute atomic E-state index is 14.3. The van der Waals surface area contributed by atoms with Gasteiger partial charge in [0, 0.05) is 30.6 Å². The van der Waals surface area contributed by atoms with Crippen molar-refractivity contribution in [3.8, 4) is 5.69 Å². The fraction of sp³-hybridized carbons (Fsp3) is 0.300. The molecule has 1 atom stereocenters. The van der Waals surface area contributed by atoms with Crippen molar-refractivity contribution in [2.75, 3.05) is 18.0 Å². The molecule has 0 amide bonds. The van der Waals surface area contributed by atoms with E-state index < -0.39 is 17.2 Å². The summed E-state index contributed by atoms with van der Waals surface area (Å²) in [7, 11) is 0. The van der Waals surface area contributed by atoms with Gasteiger partial charge in [-0.1, -0.05) is 24.6 Å². The van der Waals surface area contributed by atoms with Crippen LogP contribution in [0.25, 0.3) is 16.5 Å². The Morgan fingerprint density at radius 2 is 1.85 bits per heavy atom. The Morgan fingerprint density at radius 1 is 1.07 bits per heavy atom. The molecule has 7 heteroatoms. The van der Waals surface area contributed by atoms with Crippen molar-refractivity contribution in [2.45, 2.75) is 25.3 Å². The Labute approximate surface area is 155 Å². The van der Waals surface area contributed by atoms with Gasteiger partial charge in [0.1, 0.15) is 11.5 Å². The van der Waals surface area contributed by atoms with Crippen molar-refractivity contribution < 1.29 is 8.78 Å². The maximum Gasteiger partial charge on any atom is 0.279 e. The smallest absolute Gasteiger partial charge is 0.279 e. The van der Waals surface area contributed by atoms with Crippen LogP contribution < -0.4 is 16.2 Å². The first-order chi connectivity index (χ1) is 13.0. The van der Waals surface area contributed by atoms with Gasteiger partial charge in [-0.15, -0.1) is 5.10 Å². The molecule has 0 unspecified atom stereocenters. The highest BCUT2D eigenvalue weighted by atomic mass is 19.1. The first kappa shape index (κ1) is 17.6. The summed E-state index contributed by atoms with van der Waals surface area (Å²) >= 11 is 0. The lowest BCUT2D eigenvalue weighted by Gasteiger charge is -2.25. The van der Waals surface area contributed by atoms with Crippen LogP contribution in [0.15, 0.2) is 47.3 Å². The van der Waals surface area contributed by atoms with Crippen LogP contribution in [0.4, 0.5) is 14.6 Å². The zero-order valence-electron chi connectivity index (χ0n) is 14.7. The minimum absolute atomic E-state index is 0.0102. The molecule has 0 saturated carbocycles. The van der Waals surface area contributed by atoms with E-state index in [1.165, 1.54) is 6.07 Å². The fourth-order valence-corrected chi connectivity index (χ4v) is 3.59. The Balaban J connectivity index is 1.96. The number of anilines is 1. The lowest BCUT2D eigenvalue weighted by Crippen LogP contribution is -2.37. The summed E-state index contributed by atoms with van der Waals surface area (Å²) < 4.78 is 28.7. The molecule has 0 aliphatic carbocycles. The Morgan fingerprint density at radius 3 is 2.63 bits per heavy atom. The van der Waals surface area contributed by atoms with Crippen LogP contribution in [0.3, 0.4) is 0 Å². The van der Waals surface area contributed by atoms with Gasteiger partial charge in [0.2, 0.25) is 0 Å². The van der Waals surface area contributed by atoms with E-state index in [0.717, 1.165) is 42.6 Å². The van der Waals surface area contributed by atoms with Gasteiger partial charge in [-0.3, -0.25) is 4.79 Å². The van der Waals surface area contributed by atoms with E-state index in [9.17, 15) is 13.6 Å². The molecule has 2 aromatic carbocycles. The molecule has 140 valence electrons. The van der Waals surface area contributed by atoms with Gasteiger partial charge in [-0.25, -0.2) is 8.78 Å². The van der Waals surface area contributed by atoms with Gasteiger partial charge in [0.15, 0.2) is 11.6 Å². The van der Waals surface area contributed by atoms with Gasteiger partial charge in [0.05, 0.1) is 5.39 Å². The van der Waals surface area contributed by atoms with Crippen molar-refractivity contribution in [1.29, 1.82) is 0 Å². The van der Waals surface area contributed by atoms with Gasteiger partial charge in [-0.05, 0) is 31.0 Å². The third-order valence-electron chi connectivity index (χ3n) is 4.93. The number of benzene rings is 2. The van der Waals surface area contributed by atoms with Crippen LogP contribution in [0.2, 0.25) is 0 Å². The van der Waals surface area contributed by atoms with Crippen LogP contribution in [0.1, 0.15) is 19.3 Å². The van der Waals surface area contributed by atoms with E-state index >= 15 is 0 Å². The third-order valence-corrected chi connectivity index (χ3v) is 4.93. The Kier molecular flexibility index (Phi) is 4.61. The second-order valence-electron chi connectivity index (χ2n) is 6.88. The van der Waals surface area contributed by atoms with Crippen LogP contribution >= 0.6 is 0 Å². The number of nitrogens with two attached hydrogens (primary N) is 1. The quantitative estimate of drug-likeness (QED) is 0.753. The average Bonchev–Trinajstić information content (AvgIpc) is 2.87. The standard InChI is InChI=1S/C20H20F2N4O/c21-13-8-9-18(17(22)11-13)26-20(27)16-7-2-1-6-15(16)19(24-26)25-10-4-3-5-14(23)12-25/h1-2,6-9,11,14H,3-5,10,12,23H2/t14-/m0/s1. The van der Waals surface area contributed by atoms with Crippen molar-refractivity contribution in [3.63, 3.8) is 0 Å². The van der Waals surface area contributed by atoms with Gasteiger partial charge >= 0.3 is 0 Å². The third kappa shape index (κ3) is 3.30. The molecule has 0 radical (unpaired) electrons. The number of hydrogen-bond donors (Lipinski definition) is 1. The topological polar surface area (TPSA) is 64.2 Å². The molecule has 1 fully saturated rings. The van der Waals surface area contributed by atoms with Crippen LogP contribution in [-0.4, -0.2) is 28.9 Å². The zero-order chi connectivity index (χ0) is 19.0. The molecule has 0 bridgehead atoms. The second-order valence-corrected chi connectivity index (χ2v) is 6.88. The molecule has 2 heterocycles. The highest BCUT2D eigenvalue weighted by Crippen LogP contribution is 2.26. The monoisotopic (exact) mass is 370 g/mol. The first-order valence-electron chi connectivity index (χ1n) is 9.02. The molecule has 27 heavy (non-hydrogen) atoms. The fourth-order valence-electron chi connectivity index (χ4n) is 3.59. The van der Waals surface area contributed by atoms with Crippen molar-refractivity contribution in [2.24, 2.45) is 5.73 Å². The van der Waals surface area contributed by atoms with E-state index in [4.69, 9.17) is 5.73 Å². The minimum Gasteiger partial charge on any atom is -0.353 e. The first-order valence-corrected chi connectivity index (χ1v) is 9.02. The molecule has 1 aromatic heterocycles. The highest BCUT2D eigenvalue weighted by Gasteiger charge is 2.21. The summed E-state index contributed by atoms with van der Waals surface area (Å²) in [5.41, 5.74) is 5.66.